The number of carbonyl (C=O) groups is 2. The maximum atomic E-state index is 12.9. The summed E-state index contributed by atoms with van der Waals surface area (Å²) in [6, 6.07) is 15.5. The molecule has 0 radical (unpaired) electrons. The highest BCUT2D eigenvalue weighted by Crippen LogP contribution is 2.40. The summed E-state index contributed by atoms with van der Waals surface area (Å²) >= 11 is 1.38. The standard InChI is InChI=1S/C25H27NO3S/c1-15-7-9-17(10-8-15)20-16(2)30-23(21(20)24(28)29-6)26-22(27)18-11-13-19(14-12-18)25(3,4)5/h7-14H,1-6H3,(H,26,27). The molecular formula is C25H27NO3S. The van der Waals surface area contributed by atoms with Crippen LogP contribution in [0.1, 0.15) is 57.5 Å². The van der Waals surface area contributed by atoms with E-state index in [1.54, 1.807) is 0 Å². The Bertz CT molecular complexity index is 1070. The molecule has 0 aliphatic carbocycles. The van der Waals surface area contributed by atoms with Crippen LogP contribution in [0.2, 0.25) is 0 Å². The molecule has 3 aromatic rings. The summed E-state index contributed by atoms with van der Waals surface area (Å²) in [5.41, 5.74) is 4.96. The minimum atomic E-state index is -0.465. The first-order valence-corrected chi connectivity index (χ1v) is 10.6. The molecule has 1 N–H and O–H groups in total. The Balaban J connectivity index is 1.98. The Hall–Kier alpha value is -2.92. The molecule has 0 saturated heterocycles. The van der Waals surface area contributed by atoms with Crippen LogP contribution in [0.15, 0.2) is 48.5 Å². The van der Waals surface area contributed by atoms with Crippen molar-refractivity contribution in [2.75, 3.05) is 12.4 Å². The van der Waals surface area contributed by atoms with Gasteiger partial charge in [0.05, 0.1) is 7.11 Å². The van der Waals surface area contributed by atoms with Crippen LogP contribution in [-0.4, -0.2) is 19.0 Å². The van der Waals surface area contributed by atoms with Gasteiger partial charge in [0.2, 0.25) is 0 Å². The van der Waals surface area contributed by atoms with Gasteiger partial charge in [0, 0.05) is 16.0 Å². The summed E-state index contributed by atoms with van der Waals surface area (Å²) in [7, 11) is 1.35. The Labute approximate surface area is 181 Å². The van der Waals surface area contributed by atoms with Gasteiger partial charge < -0.3 is 10.1 Å². The van der Waals surface area contributed by atoms with E-state index >= 15 is 0 Å². The molecule has 156 valence electrons. The number of thiophene rings is 1. The van der Waals surface area contributed by atoms with Crippen molar-refractivity contribution in [3.63, 3.8) is 0 Å². The second-order valence-electron chi connectivity index (χ2n) is 8.38. The van der Waals surface area contributed by atoms with E-state index in [1.165, 1.54) is 18.4 Å². The second kappa shape index (κ2) is 8.44. The van der Waals surface area contributed by atoms with Crippen LogP contribution in [-0.2, 0) is 10.2 Å². The molecule has 5 heteroatoms. The van der Waals surface area contributed by atoms with E-state index < -0.39 is 5.97 Å². The molecule has 0 bridgehead atoms. The number of ether oxygens (including phenoxy) is 1. The van der Waals surface area contributed by atoms with E-state index in [0.717, 1.165) is 27.1 Å². The molecule has 3 rings (SSSR count). The van der Waals surface area contributed by atoms with Crippen molar-refractivity contribution in [2.45, 2.75) is 40.0 Å². The summed E-state index contributed by atoms with van der Waals surface area (Å²) in [5, 5.41) is 3.42. The zero-order valence-corrected chi connectivity index (χ0v) is 19.1. The Morgan fingerprint density at radius 3 is 2.07 bits per heavy atom. The third-order valence-corrected chi connectivity index (χ3v) is 6.07. The van der Waals surface area contributed by atoms with Crippen LogP contribution < -0.4 is 5.32 Å². The molecule has 0 saturated carbocycles. The van der Waals surface area contributed by atoms with Crippen molar-refractivity contribution >= 4 is 28.2 Å². The van der Waals surface area contributed by atoms with Crippen LogP contribution in [0, 0.1) is 13.8 Å². The predicted molar refractivity (Wildman–Crippen MR) is 124 cm³/mol. The minimum absolute atomic E-state index is 0.0147. The lowest BCUT2D eigenvalue weighted by Gasteiger charge is -2.19. The molecule has 0 atom stereocenters. The SMILES string of the molecule is COC(=O)c1c(NC(=O)c2ccc(C(C)(C)C)cc2)sc(C)c1-c1ccc(C)cc1. The van der Waals surface area contributed by atoms with Crippen LogP contribution in [0.5, 0.6) is 0 Å². The Morgan fingerprint density at radius 2 is 1.53 bits per heavy atom. The average molecular weight is 422 g/mol. The lowest BCUT2D eigenvalue weighted by Crippen LogP contribution is -2.15. The molecule has 0 fully saturated rings. The molecule has 0 spiro atoms. The zero-order chi connectivity index (χ0) is 22.1. The molecule has 1 amide bonds. The van der Waals surface area contributed by atoms with Crippen LogP contribution in [0.4, 0.5) is 5.00 Å². The van der Waals surface area contributed by atoms with E-state index in [4.69, 9.17) is 4.74 Å². The smallest absolute Gasteiger partial charge is 0.341 e. The quantitative estimate of drug-likeness (QED) is 0.498. The molecule has 4 nitrogen and oxygen atoms in total. The summed E-state index contributed by atoms with van der Waals surface area (Å²) < 4.78 is 5.03. The van der Waals surface area contributed by atoms with Gasteiger partial charge in [-0.2, -0.15) is 0 Å². The van der Waals surface area contributed by atoms with Crippen molar-refractivity contribution < 1.29 is 14.3 Å². The molecule has 0 aliphatic heterocycles. The first-order valence-electron chi connectivity index (χ1n) is 9.82. The van der Waals surface area contributed by atoms with E-state index in [2.05, 4.69) is 26.1 Å². The Morgan fingerprint density at radius 1 is 0.933 bits per heavy atom. The highest BCUT2D eigenvalue weighted by molar-refractivity contribution is 7.17. The highest BCUT2D eigenvalue weighted by Gasteiger charge is 2.25. The van der Waals surface area contributed by atoms with Gasteiger partial charge in [-0.25, -0.2) is 4.79 Å². The topological polar surface area (TPSA) is 55.4 Å². The second-order valence-corrected chi connectivity index (χ2v) is 9.60. The number of rotatable bonds is 4. The lowest BCUT2D eigenvalue weighted by atomic mass is 9.87. The predicted octanol–water partition coefficient (Wildman–Crippen LogP) is 6.37. The van der Waals surface area contributed by atoms with Crippen LogP contribution in [0.3, 0.4) is 0 Å². The molecule has 30 heavy (non-hydrogen) atoms. The number of anilines is 1. The van der Waals surface area contributed by atoms with Gasteiger partial charge in [-0.3, -0.25) is 4.79 Å². The van der Waals surface area contributed by atoms with Crippen molar-refractivity contribution in [3.05, 3.63) is 75.7 Å². The number of esters is 1. The molecule has 1 aromatic heterocycles. The fraction of sp³-hybridized carbons (Fsp3) is 0.280. The van der Waals surface area contributed by atoms with Gasteiger partial charge in [-0.1, -0.05) is 62.7 Å². The number of aryl methyl sites for hydroxylation is 2. The van der Waals surface area contributed by atoms with Gasteiger partial charge >= 0.3 is 5.97 Å². The van der Waals surface area contributed by atoms with Crippen LogP contribution >= 0.6 is 11.3 Å². The summed E-state index contributed by atoms with van der Waals surface area (Å²) in [4.78, 5) is 26.4. The number of benzene rings is 2. The normalized spacial score (nSPS) is 11.3. The van der Waals surface area contributed by atoms with Crippen LogP contribution in [0.25, 0.3) is 11.1 Å². The number of nitrogens with one attached hydrogen (secondary N) is 1. The third kappa shape index (κ3) is 4.46. The largest absolute Gasteiger partial charge is 0.465 e. The first-order chi connectivity index (χ1) is 14.1. The van der Waals surface area contributed by atoms with Gasteiger partial charge in [-0.15, -0.1) is 11.3 Å². The van der Waals surface area contributed by atoms with Crippen molar-refractivity contribution in [1.82, 2.24) is 0 Å². The summed E-state index contributed by atoms with van der Waals surface area (Å²) in [6.07, 6.45) is 0. The third-order valence-electron chi connectivity index (χ3n) is 5.05. The van der Waals surface area contributed by atoms with Gasteiger partial charge in [0.1, 0.15) is 10.6 Å². The lowest BCUT2D eigenvalue weighted by molar-refractivity contribution is 0.0603. The van der Waals surface area contributed by atoms with E-state index in [0.29, 0.717) is 16.1 Å². The van der Waals surface area contributed by atoms with Crippen molar-refractivity contribution in [3.8, 4) is 11.1 Å². The van der Waals surface area contributed by atoms with E-state index in [9.17, 15) is 9.59 Å². The summed E-state index contributed by atoms with van der Waals surface area (Å²) in [6.45, 7) is 10.4. The number of hydrogen-bond acceptors (Lipinski definition) is 4. The fourth-order valence-electron chi connectivity index (χ4n) is 3.29. The highest BCUT2D eigenvalue weighted by atomic mass is 32.1. The van der Waals surface area contributed by atoms with E-state index in [1.807, 2.05) is 62.4 Å². The first kappa shape index (κ1) is 21.8. The average Bonchev–Trinajstić information content (AvgIpc) is 3.03. The Kier molecular flexibility index (Phi) is 6.13. The summed E-state index contributed by atoms with van der Waals surface area (Å²) in [5.74, 6) is -0.717. The van der Waals surface area contributed by atoms with Gasteiger partial charge in [-0.05, 0) is 42.5 Å². The number of methoxy groups -OCH3 is 1. The maximum Gasteiger partial charge on any atom is 0.341 e. The molecular weight excluding hydrogens is 394 g/mol. The van der Waals surface area contributed by atoms with Gasteiger partial charge in [0.25, 0.3) is 5.91 Å². The number of amides is 1. The van der Waals surface area contributed by atoms with Crippen molar-refractivity contribution in [2.24, 2.45) is 0 Å². The minimum Gasteiger partial charge on any atom is -0.465 e. The molecule has 1 heterocycles. The maximum absolute atomic E-state index is 12.9. The molecule has 0 aliphatic rings. The number of hydrogen-bond donors (Lipinski definition) is 1. The molecule has 2 aromatic carbocycles. The van der Waals surface area contributed by atoms with Gasteiger partial charge in [0.15, 0.2) is 0 Å². The monoisotopic (exact) mass is 421 g/mol. The van der Waals surface area contributed by atoms with Crippen molar-refractivity contribution in [1.29, 1.82) is 0 Å². The number of carbonyl (C=O) groups excluding carboxylic acids is 2. The zero-order valence-electron chi connectivity index (χ0n) is 18.3. The molecule has 0 unspecified atom stereocenters. The van der Waals surface area contributed by atoms with E-state index in [-0.39, 0.29) is 11.3 Å². The fourth-order valence-corrected chi connectivity index (χ4v) is 4.35.